The average molecular weight is 570 g/mol. The van der Waals surface area contributed by atoms with Gasteiger partial charge in [0.25, 0.3) is 0 Å². The molecule has 8 nitrogen and oxygen atoms in total. The number of rotatable bonds is 21. The smallest absolute Gasteiger partial charge is 0.347 e. The highest BCUT2D eigenvalue weighted by atomic mass is 16.6. The van der Waals surface area contributed by atoms with E-state index in [9.17, 15) is 19.7 Å². The Balaban J connectivity index is 1.88. The van der Waals surface area contributed by atoms with Crippen LogP contribution in [0.2, 0.25) is 0 Å². The van der Waals surface area contributed by atoms with E-state index >= 15 is 0 Å². The molecule has 2 rings (SSSR count). The number of nitro groups is 1. The van der Waals surface area contributed by atoms with E-state index in [4.69, 9.17) is 14.2 Å². The van der Waals surface area contributed by atoms with Gasteiger partial charge in [0, 0.05) is 17.8 Å². The lowest BCUT2D eigenvalue weighted by Gasteiger charge is -2.14. The van der Waals surface area contributed by atoms with Crippen LogP contribution in [0.1, 0.15) is 119 Å². The van der Waals surface area contributed by atoms with Crippen LogP contribution >= 0.6 is 0 Å². The summed E-state index contributed by atoms with van der Waals surface area (Å²) in [7, 11) is 0. The van der Waals surface area contributed by atoms with E-state index in [0.29, 0.717) is 6.42 Å². The molecule has 0 radical (unpaired) electrons. The molecule has 0 saturated carbocycles. The predicted octanol–water partition coefficient (Wildman–Crippen LogP) is 8.44. The van der Waals surface area contributed by atoms with Crippen molar-refractivity contribution in [2.24, 2.45) is 5.92 Å². The zero-order chi connectivity index (χ0) is 29.9. The molecule has 2 atom stereocenters. The van der Waals surface area contributed by atoms with Crippen molar-refractivity contribution in [3.8, 4) is 11.5 Å². The third-order valence-electron chi connectivity index (χ3n) is 7.26. The summed E-state index contributed by atoms with van der Waals surface area (Å²) >= 11 is 0. The molecule has 2 aromatic carbocycles. The minimum absolute atomic E-state index is 0.0934. The predicted molar refractivity (Wildman–Crippen MR) is 160 cm³/mol. The Morgan fingerprint density at radius 1 is 0.780 bits per heavy atom. The van der Waals surface area contributed by atoms with Crippen molar-refractivity contribution >= 4 is 11.9 Å². The van der Waals surface area contributed by atoms with Crippen molar-refractivity contribution in [3.63, 3.8) is 0 Å². The largest absolute Gasteiger partial charge is 0.492 e. The summed E-state index contributed by atoms with van der Waals surface area (Å²) in [6, 6.07) is 12.3. The number of esters is 2. The lowest BCUT2D eigenvalue weighted by atomic mass is 10.0. The maximum absolute atomic E-state index is 13.1. The van der Waals surface area contributed by atoms with Crippen LogP contribution in [0, 0.1) is 16.0 Å². The van der Waals surface area contributed by atoms with Crippen LogP contribution in [0.15, 0.2) is 48.5 Å². The molecule has 0 aliphatic rings. The second-order valence-electron chi connectivity index (χ2n) is 10.7. The van der Waals surface area contributed by atoms with E-state index in [1.165, 1.54) is 44.6 Å². The molecule has 8 heteroatoms. The Bertz CT molecular complexity index is 1070. The van der Waals surface area contributed by atoms with Crippen LogP contribution < -0.4 is 9.47 Å². The fourth-order valence-electron chi connectivity index (χ4n) is 4.40. The molecule has 2 aromatic rings. The first-order chi connectivity index (χ1) is 19.9. The Kier molecular flexibility index (Phi) is 16.2. The summed E-state index contributed by atoms with van der Waals surface area (Å²) < 4.78 is 16.8. The van der Waals surface area contributed by atoms with Crippen LogP contribution in [0.25, 0.3) is 0 Å². The SMILES string of the molecule is CCCCCCCCCCCC(CCOc1ccccc1C(=O)Oc1ccccc1C(=O)OC[C@@H](C)CC)[N+](=O)[O-]. The van der Waals surface area contributed by atoms with Gasteiger partial charge in [0.15, 0.2) is 0 Å². The van der Waals surface area contributed by atoms with Crippen LogP contribution in [-0.4, -0.2) is 36.1 Å². The van der Waals surface area contributed by atoms with Crippen molar-refractivity contribution in [3.05, 3.63) is 69.8 Å². The highest BCUT2D eigenvalue weighted by Crippen LogP contribution is 2.25. The molecule has 226 valence electrons. The average Bonchev–Trinajstić information content (AvgIpc) is 2.98. The van der Waals surface area contributed by atoms with Gasteiger partial charge in [-0.2, -0.15) is 0 Å². The van der Waals surface area contributed by atoms with Gasteiger partial charge in [-0.05, 0) is 36.6 Å². The minimum Gasteiger partial charge on any atom is -0.492 e. The minimum atomic E-state index is -0.691. The summed E-state index contributed by atoms with van der Waals surface area (Å²) in [4.78, 5) is 37.1. The van der Waals surface area contributed by atoms with E-state index in [-0.39, 0.29) is 53.1 Å². The normalized spacial score (nSPS) is 12.4. The summed E-state index contributed by atoms with van der Waals surface area (Å²) in [5, 5.41) is 11.6. The van der Waals surface area contributed by atoms with Gasteiger partial charge >= 0.3 is 11.9 Å². The number of unbranched alkanes of at least 4 members (excludes halogenated alkanes) is 8. The highest BCUT2D eigenvalue weighted by Gasteiger charge is 2.22. The first-order valence-electron chi connectivity index (χ1n) is 15.2. The zero-order valence-corrected chi connectivity index (χ0v) is 25.0. The molecule has 0 saturated heterocycles. The van der Waals surface area contributed by atoms with E-state index < -0.39 is 18.0 Å². The summed E-state index contributed by atoms with van der Waals surface area (Å²) in [5.74, 6) is -0.660. The van der Waals surface area contributed by atoms with Crippen molar-refractivity contribution in [1.82, 2.24) is 0 Å². The van der Waals surface area contributed by atoms with Gasteiger partial charge in [-0.25, -0.2) is 9.59 Å². The Morgan fingerprint density at radius 2 is 1.34 bits per heavy atom. The second kappa shape index (κ2) is 19.6. The molecule has 0 aliphatic carbocycles. The Labute approximate surface area is 244 Å². The van der Waals surface area contributed by atoms with Gasteiger partial charge in [-0.3, -0.25) is 10.1 Å². The fourth-order valence-corrected chi connectivity index (χ4v) is 4.40. The van der Waals surface area contributed by atoms with Crippen LogP contribution in [-0.2, 0) is 4.74 Å². The molecule has 0 spiro atoms. The molecule has 0 bridgehead atoms. The molecule has 0 fully saturated rings. The standard InChI is InChI=1S/C33H47NO7/c1-4-6-7-8-9-10-11-12-13-18-27(34(37)38)23-24-39-30-21-16-14-19-28(30)33(36)41-31-22-17-15-20-29(31)32(35)40-25-26(3)5-2/h14-17,19-22,26-27H,4-13,18,23-25H2,1-3H3/t26-,27?/m0/s1. The molecule has 0 amide bonds. The van der Waals surface area contributed by atoms with Crippen molar-refractivity contribution in [1.29, 1.82) is 0 Å². The number of para-hydroxylation sites is 2. The van der Waals surface area contributed by atoms with E-state index in [0.717, 1.165) is 25.7 Å². The van der Waals surface area contributed by atoms with Gasteiger partial charge < -0.3 is 14.2 Å². The quantitative estimate of drug-likeness (QED) is 0.0488. The third kappa shape index (κ3) is 12.7. The summed E-state index contributed by atoms with van der Waals surface area (Å²) in [6.07, 6.45) is 12.1. The molecule has 0 N–H and O–H groups in total. The number of carbonyl (C=O) groups excluding carboxylic acids is 2. The third-order valence-corrected chi connectivity index (χ3v) is 7.26. The molecular formula is C33H47NO7. The van der Waals surface area contributed by atoms with Gasteiger partial charge in [0.2, 0.25) is 6.04 Å². The number of hydrogen-bond donors (Lipinski definition) is 0. The monoisotopic (exact) mass is 569 g/mol. The summed E-state index contributed by atoms with van der Waals surface area (Å²) in [6.45, 7) is 6.59. The van der Waals surface area contributed by atoms with Gasteiger partial charge in [-0.15, -0.1) is 0 Å². The van der Waals surface area contributed by atoms with E-state index in [1.54, 1.807) is 42.5 Å². The molecule has 0 aliphatic heterocycles. The Hall–Kier alpha value is -3.42. The fraction of sp³-hybridized carbons (Fsp3) is 0.576. The second-order valence-corrected chi connectivity index (χ2v) is 10.7. The van der Waals surface area contributed by atoms with Gasteiger partial charge in [-0.1, -0.05) is 103 Å². The maximum atomic E-state index is 13.1. The van der Waals surface area contributed by atoms with Gasteiger partial charge in [0.05, 0.1) is 13.2 Å². The van der Waals surface area contributed by atoms with E-state index in [2.05, 4.69) is 6.92 Å². The molecular weight excluding hydrogens is 522 g/mol. The summed E-state index contributed by atoms with van der Waals surface area (Å²) in [5.41, 5.74) is 0.333. The maximum Gasteiger partial charge on any atom is 0.347 e. The van der Waals surface area contributed by atoms with Crippen LogP contribution in [0.3, 0.4) is 0 Å². The number of benzene rings is 2. The first-order valence-corrected chi connectivity index (χ1v) is 15.2. The van der Waals surface area contributed by atoms with Crippen molar-refractivity contribution in [2.75, 3.05) is 13.2 Å². The zero-order valence-electron chi connectivity index (χ0n) is 25.0. The molecule has 0 heterocycles. The highest BCUT2D eigenvalue weighted by molar-refractivity contribution is 5.97. The lowest BCUT2D eigenvalue weighted by molar-refractivity contribution is -0.524. The number of hydrogen-bond acceptors (Lipinski definition) is 7. The van der Waals surface area contributed by atoms with E-state index in [1.807, 2.05) is 13.8 Å². The molecule has 0 aromatic heterocycles. The number of ether oxygens (including phenoxy) is 3. The van der Waals surface area contributed by atoms with Crippen molar-refractivity contribution in [2.45, 2.75) is 104 Å². The van der Waals surface area contributed by atoms with Crippen LogP contribution in [0.5, 0.6) is 11.5 Å². The van der Waals surface area contributed by atoms with Crippen molar-refractivity contribution < 1.29 is 28.7 Å². The van der Waals surface area contributed by atoms with Gasteiger partial charge in [0.1, 0.15) is 22.6 Å². The lowest BCUT2D eigenvalue weighted by Crippen LogP contribution is -2.22. The first kappa shape index (κ1) is 33.8. The molecule has 41 heavy (non-hydrogen) atoms. The Morgan fingerprint density at radius 3 is 1.95 bits per heavy atom. The molecule has 1 unspecified atom stereocenters. The number of carbonyl (C=O) groups is 2. The number of nitrogens with zero attached hydrogens (tertiary/aromatic N) is 1. The topological polar surface area (TPSA) is 105 Å². The van der Waals surface area contributed by atoms with Crippen LogP contribution in [0.4, 0.5) is 0 Å².